The largest absolute Gasteiger partial charge is 0.465 e. The Balaban J connectivity index is 2.84. The highest BCUT2D eigenvalue weighted by Gasteiger charge is 2.21. The number of ether oxygens (including phenoxy) is 1. The minimum atomic E-state index is -0.419. The van der Waals surface area contributed by atoms with Crippen LogP contribution >= 0.6 is 11.3 Å². The van der Waals surface area contributed by atoms with Gasteiger partial charge in [0.25, 0.3) is 5.91 Å². The molecule has 1 aromatic heterocycles. The highest BCUT2D eigenvalue weighted by Crippen LogP contribution is 2.18. The Labute approximate surface area is 128 Å². The van der Waals surface area contributed by atoms with Gasteiger partial charge in [-0.15, -0.1) is 11.3 Å². The number of amides is 1. The summed E-state index contributed by atoms with van der Waals surface area (Å²) in [5, 5.41) is 10.5. The molecule has 0 aliphatic rings. The van der Waals surface area contributed by atoms with Crippen LogP contribution in [0.1, 0.15) is 35.5 Å². The van der Waals surface area contributed by atoms with Crippen molar-refractivity contribution in [3.8, 4) is 11.8 Å². The lowest BCUT2D eigenvalue weighted by Crippen LogP contribution is -2.36. The molecule has 0 aromatic carbocycles. The van der Waals surface area contributed by atoms with Crippen LogP contribution in [0, 0.1) is 11.8 Å². The topological polar surface area (TPSA) is 66.8 Å². The van der Waals surface area contributed by atoms with Gasteiger partial charge >= 0.3 is 5.97 Å². The monoisotopic (exact) mass is 309 g/mol. The van der Waals surface area contributed by atoms with E-state index in [2.05, 4.69) is 11.8 Å². The Morgan fingerprint density at radius 3 is 2.81 bits per heavy atom. The number of esters is 1. The van der Waals surface area contributed by atoms with Crippen LogP contribution < -0.4 is 0 Å². The van der Waals surface area contributed by atoms with E-state index in [0.717, 1.165) is 0 Å². The molecule has 6 heteroatoms. The SMILES string of the molecule is CCOC(=O)CN(CC)C(=O)c1sccc1C#CCCO. The lowest BCUT2D eigenvalue weighted by molar-refractivity contribution is -0.143. The summed E-state index contributed by atoms with van der Waals surface area (Å²) in [5.74, 6) is 5.02. The van der Waals surface area contributed by atoms with Gasteiger partial charge in [0.05, 0.1) is 13.2 Å². The second-order valence-corrected chi connectivity index (χ2v) is 4.98. The third-order valence-corrected chi connectivity index (χ3v) is 3.52. The molecule has 114 valence electrons. The van der Waals surface area contributed by atoms with Gasteiger partial charge < -0.3 is 14.7 Å². The number of rotatable bonds is 6. The second-order valence-electron chi connectivity index (χ2n) is 4.06. The van der Waals surface area contributed by atoms with Crippen LogP contribution in [0.5, 0.6) is 0 Å². The number of aliphatic hydroxyl groups excluding tert-OH is 1. The molecule has 0 saturated carbocycles. The average molecular weight is 309 g/mol. The molecular formula is C15H19NO4S. The Hall–Kier alpha value is -1.84. The van der Waals surface area contributed by atoms with Gasteiger partial charge in [0, 0.05) is 18.5 Å². The molecule has 1 aromatic rings. The molecule has 0 fully saturated rings. The predicted octanol–water partition coefficient (Wildman–Crippen LogP) is 1.51. The quantitative estimate of drug-likeness (QED) is 0.639. The van der Waals surface area contributed by atoms with Crippen LogP contribution in [-0.4, -0.2) is 48.2 Å². The van der Waals surface area contributed by atoms with Crippen molar-refractivity contribution in [2.45, 2.75) is 20.3 Å². The fourth-order valence-electron chi connectivity index (χ4n) is 1.62. The van der Waals surface area contributed by atoms with E-state index in [4.69, 9.17) is 9.84 Å². The van der Waals surface area contributed by atoms with Crippen LogP contribution in [0.4, 0.5) is 0 Å². The van der Waals surface area contributed by atoms with Crippen molar-refractivity contribution >= 4 is 23.2 Å². The zero-order valence-corrected chi connectivity index (χ0v) is 13.0. The van der Waals surface area contributed by atoms with Crippen LogP contribution in [0.2, 0.25) is 0 Å². The molecule has 1 rings (SSSR count). The molecule has 0 aliphatic heterocycles. The van der Waals surface area contributed by atoms with Gasteiger partial charge in [0.1, 0.15) is 11.4 Å². The van der Waals surface area contributed by atoms with E-state index < -0.39 is 5.97 Å². The summed E-state index contributed by atoms with van der Waals surface area (Å²) in [6, 6.07) is 1.76. The highest BCUT2D eigenvalue weighted by molar-refractivity contribution is 7.12. The van der Waals surface area contributed by atoms with E-state index in [9.17, 15) is 9.59 Å². The smallest absolute Gasteiger partial charge is 0.325 e. The minimum Gasteiger partial charge on any atom is -0.465 e. The third kappa shape index (κ3) is 5.21. The summed E-state index contributed by atoms with van der Waals surface area (Å²) in [6.07, 6.45) is 0.365. The number of likely N-dealkylation sites (N-methyl/N-ethyl adjacent to an activating group) is 1. The standard InChI is InChI=1S/C15H19NO4S/c1-3-16(11-13(18)20-4-2)15(19)14-12(8-10-21-14)7-5-6-9-17/h8,10,17H,3-4,6,9,11H2,1-2H3. The summed E-state index contributed by atoms with van der Waals surface area (Å²) < 4.78 is 4.87. The summed E-state index contributed by atoms with van der Waals surface area (Å²) in [7, 11) is 0. The van der Waals surface area contributed by atoms with Crippen LogP contribution in [0.3, 0.4) is 0 Å². The van der Waals surface area contributed by atoms with E-state index in [1.807, 2.05) is 6.92 Å². The second kappa shape index (κ2) is 9.16. The summed E-state index contributed by atoms with van der Waals surface area (Å²) in [4.78, 5) is 25.9. The molecule has 0 bridgehead atoms. The Morgan fingerprint density at radius 2 is 2.19 bits per heavy atom. The number of hydrogen-bond acceptors (Lipinski definition) is 5. The zero-order valence-electron chi connectivity index (χ0n) is 12.2. The maximum absolute atomic E-state index is 12.4. The lowest BCUT2D eigenvalue weighted by atomic mass is 10.2. The Bertz CT molecular complexity index is 541. The predicted molar refractivity (Wildman–Crippen MR) is 81.1 cm³/mol. The minimum absolute atomic E-state index is 0.00956. The van der Waals surface area contributed by atoms with E-state index in [1.54, 1.807) is 18.4 Å². The molecule has 0 saturated heterocycles. The van der Waals surface area contributed by atoms with E-state index >= 15 is 0 Å². The van der Waals surface area contributed by atoms with Crippen molar-refractivity contribution in [1.82, 2.24) is 4.90 Å². The normalized spacial score (nSPS) is 9.67. The maximum atomic E-state index is 12.4. The molecule has 1 amide bonds. The summed E-state index contributed by atoms with van der Waals surface area (Å²) in [6.45, 7) is 4.17. The van der Waals surface area contributed by atoms with Gasteiger partial charge in [-0.3, -0.25) is 9.59 Å². The van der Waals surface area contributed by atoms with Crippen molar-refractivity contribution < 1.29 is 19.4 Å². The number of hydrogen-bond donors (Lipinski definition) is 1. The number of nitrogens with zero attached hydrogens (tertiary/aromatic N) is 1. The fraction of sp³-hybridized carbons (Fsp3) is 0.467. The van der Waals surface area contributed by atoms with Crippen LogP contribution in [0.25, 0.3) is 0 Å². The van der Waals surface area contributed by atoms with Crippen molar-refractivity contribution in [1.29, 1.82) is 0 Å². The molecule has 21 heavy (non-hydrogen) atoms. The molecule has 0 atom stereocenters. The van der Waals surface area contributed by atoms with Crippen LogP contribution in [0.15, 0.2) is 11.4 Å². The van der Waals surface area contributed by atoms with Crippen molar-refractivity contribution in [3.63, 3.8) is 0 Å². The van der Waals surface area contributed by atoms with Gasteiger partial charge in [0.15, 0.2) is 0 Å². The molecule has 5 nitrogen and oxygen atoms in total. The molecule has 0 spiro atoms. The fourth-order valence-corrected chi connectivity index (χ4v) is 2.44. The van der Waals surface area contributed by atoms with Crippen molar-refractivity contribution in [2.75, 3.05) is 26.3 Å². The summed E-state index contributed by atoms with van der Waals surface area (Å²) in [5.41, 5.74) is 0.626. The maximum Gasteiger partial charge on any atom is 0.325 e. The molecule has 0 unspecified atom stereocenters. The van der Waals surface area contributed by atoms with E-state index in [1.165, 1.54) is 16.2 Å². The van der Waals surface area contributed by atoms with Gasteiger partial charge in [-0.2, -0.15) is 0 Å². The first kappa shape index (κ1) is 17.2. The number of carbonyl (C=O) groups is 2. The third-order valence-electron chi connectivity index (χ3n) is 2.61. The number of carbonyl (C=O) groups excluding carboxylic acids is 2. The molecule has 0 radical (unpaired) electrons. The van der Waals surface area contributed by atoms with Gasteiger partial charge in [0.2, 0.25) is 0 Å². The van der Waals surface area contributed by atoms with E-state index in [-0.39, 0.29) is 19.1 Å². The Morgan fingerprint density at radius 1 is 1.43 bits per heavy atom. The molecular weight excluding hydrogens is 290 g/mol. The van der Waals surface area contributed by atoms with Gasteiger partial charge in [-0.05, 0) is 25.3 Å². The first-order chi connectivity index (χ1) is 10.1. The van der Waals surface area contributed by atoms with Crippen molar-refractivity contribution in [3.05, 3.63) is 21.9 Å². The molecule has 1 N–H and O–H groups in total. The van der Waals surface area contributed by atoms with Gasteiger partial charge in [-0.1, -0.05) is 11.8 Å². The number of aliphatic hydroxyl groups is 1. The number of thiophene rings is 1. The Kier molecular flexibility index (Phi) is 7.51. The van der Waals surface area contributed by atoms with Crippen molar-refractivity contribution in [2.24, 2.45) is 0 Å². The summed E-state index contributed by atoms with van der Waals surface area (Å²) >= 11 is 1.29. The van der Waals surface area contributed by atoms with Crippen LogP contribution in [-0.2, 0) is 9.53 Å². The van der Waals surface area contributed by atoms with Gasteiger partial charge in [-0.25, -0.2) is 0 Å². The highest BCUT2D eigenvalue weighted by atomic mass is 32.1. The first-order valence-electron chi connectivity index (χ1n) is 6.76. The lowest BCUT2D eigenvalue weighted by Gasteiger charge is -2.19. The first-order valence-corrected chi connectivity index (χ1v) is 7.64. The zero-order chi connectivity index (χ0) is 15.7. The van der Waals surface area contributed by atoms with E-state index in [0.29, 0.717) is 30.0 Å². The average Bonchev–Trinajstić information content (AvgIpc) is 2.93. The molecule has 0 aliphatic carbocycles. The molecule has 1 heterocycles.